The molecular weight excluding hydrogens is 296 g/mol. The Morgan fingerprint density at radius 2 is 1.83 bits per heavy atom. The summed E-state index contributed by atoms with van der Waals surface area (Å²) in [6.45, 7) is 6.95. The minimum Gasteiger partial charge on any atom is -0.508 e. The number of carbonyl (C=O) groups is 2. The maximum Gasteiger partial charge on any atom is 0.279 e. The van der Waals surface area contributed by atoms with Crippen LogP contribution in [-0.2, 0) is 4.79 Å². The van der Waals surface area contributed by atoms with Gasteiger partial charge < -0.3 is 20.7 Å². The fourth-order valence-electron chi connectivity index (χ4n) is 4.33. The molecule has 0 saturated carbocycles. The van der Waals surface area contributed by atoms with E-state index in [9.17, 15) is 19.8 Å². The number of nitrogens with two attached hydrogens (primary N) is 1. The Labute approximate surface area is 136 Å². The van der Waals surface area contributed by atoms with Gasteiger partial charge in [0.1, 0.15) is 11.8 Å². The van der Waals surface area contributed by atoms with Gasteiger partial charge in [-0.05, 0) is 45.0 Å². The number of primary amides is 1. The summed E-state index contributed by atoms with van der Waals surface area (Å²) in [6.07, 6.45) is -0.455. The third-order valence-electron chi connectivity index (χ3n) is 5.31. The Morgan fingerprint density at radius 1 is 1.30 bits per heavy atom. The fourth-order valence-corrected chi connectivity index (χ4v) is 4.33. The predicted octanol–water partition coefficient (Wildman–Crippen LogP) is 1.43. The molecule has 3 atom stereocenters. The van der Waals surface area contributed by atoms with Crippen LogP contribution in [0.4, 0.5) is 4.79 Å². The zero-order valence-electron chi connectivity index (χ0n) is 14.0. The number of carbonyl (C=O) groups excluding carboxylic acids is 2. The highest BCUT2D eigenvalue weighted by atomic mass is 16.4. The molecule has 23 heavy (non-hydrogen) atoms. The Morgan fingerprint density at radius 3 is 2.22 bits per heavy atom. The van der Waals surface area contributed by atoms with Crippen LogP contribution in [0, 0.1) is 0 Å². The fraction of sp³-hybridized carbons (Fsp3) is 0.529. The number of quaternary nitrogens is 1. The van der Waals surface area contributed by atoms with Gasteiger partial charge in [0.15, 0.2) is 5.54 Å². The molecule has 1 saturated heterocycles. The molecule has 6 heteroatoms. The van der Waals surface area contributed by atoms with Crippen LogP contribution >= 0.6 is 0 Å². The van der Waals surface area contributed by atoms with E-state index >= 15 is 0 Å². The molecule has 1 aliphatic heterocycles. The van der Waals surface area contributed by atoms with Gasteiger partial charge in [-0.25, -0.2) is 0 Å². The molecular formula is C17H24N2O4. The summed E-state index contributed by atoms with van der Waals surface area (Å²) in [6, 6.07) is 5.94. The molecule has 0 aliphatic carbocycles. The molecule has 1 heterocycles. The summed E-state index contributed by atoms with van der Waals surface area (Å²) in [5.41, 5.74) is 4.30. The Bertz CT molecular complexity index is 635. The van der Waals surface area contributed by atoms with Gasteiger partial charge in [0.05, 0.1) is 5.54 Å². The predicted molar refractivity (Wildman–Crippen MR) is 83.1 cm³/mol. The van der Waals surface area contributed by atoms with Crippen LogP contribution in [0.3, 0.4) is 0 Å². The lowest BCUT2D eigenvalue weighted by Crippen LogP contribution is -2.77. The average molecular weight is 320 g/mol. The van der Waals surface area contributed by atoms with Gasteiger partial charge in [0.25, 0.3) is 12.0 Å². The normalized spacial score (nSPS) is 31.0. The van der Waals surface area contributed by atoms with E-state index in [1.54, 1.807) is 39.8 Å². The van der Waals surface area contributed by atoms with E-state index in [2.05, 4.69) is 0 Å². The first-order valence-corrected chi connectivity index (χ1v) is 7.68. The van der Waals surface area contributed by atoms with Crippen LogP contribution in [0.2, 0.25) is 0 Å². The Hall–Kier alpha value is -2.08. The molecule has 1 aromatic rings. The molecule has 126 valence electrons. The standard InChI is InChI=1S/C17H24N2O4/c1-16(2,3)19(15(22)23)13(9-10-17(19,4)14(18)21)11-5-7-12(20)8-6-11/h5-8,13H,9-10H2,1-4H3,(H3-,18,20,21,22,23)/t13-,17+,19?/m1/s1. The van der Waals surface area contributed by atoms with Gasteiger partial charge in [-0.2, -0.15) is 0 Å². The van der Waals surface area contributed by atoms with Crippen LogP contribution < -0.4 is 10.8 Å². The third-order valence-corrected chi connectivity index (χ3v) is 5.31. The number of aromatic hydroxyl groups is 1. The third kappa shape index (κ3) is 2.20. The molecule has 1 unspecified atom stereocenters. The highest BCUT2D eigenvalue weighted by Crippen LogP contribution is 2.54. The van der Waals surface area contributed by atoms with Crippen molar-refractivity contribution in [3.63, 3.8) is 0 Å². The minimum atomic E-state index is -1.31. The maximum atomic E-state index is 12.3. The molecule has 2 rings (SSSR count). The van der Waals surface area contributed by atoms with Gasteiger partial charge in [-0.1, -0.05) is 0 Å². The average Bonchev–Trinajstić information content (AvgIpc) is 2.75. The first-order valence-electron chi connectivity index (χ1n) is 7.68. The van der Waals surface area contributed by atoms with Crippen LogP contribution in [0.15, 0.2) is 24.3 Å². The largest absolute Gasteiger partial charge is 0.508 e. The van der Waals surface area contributed by atoms with Crippen molar-refractivity contribution in [2.75, 3.05) is 0 Å². The number of nitrogens with zero attached hydrogens (tertiary/aromatic N) is 1. The van der Waals surface area contributed by atoms with Gasteiger partial charge in [-0.15, -0.1) is 0 Å². The zero-order chi connectivity index (χ0) is 17.6. The van der Waals surface area contributed by atoms with E-state index in [0.717, 1.165) is 5.56 Å². The Kier molecular flexibility index (Phi) is 3.93. The number of amides is 2. The van der Waals surface area contributed by atoms with Crippen LogP contribution in [-0.4, -0.2) is 32.7 Å². The molecule has 6 nitrogen and oxygen atoms in total. The topological polar surface area (TPSA) is 103 Å². The Balaban J connectivity index is 2.74. The number of phenolic OH excluding ortho intramolecular Hbond substituents is 1. The molecule has 0 radical (unpaired) electrons. The number of carboxylic acid groups (broad SMARTS) is 1. The number of phenols is 1. The smallest absolute Gasteiger partial charge is 0.279 e. The zero-order valence-corrected chi connectivity index (χ0v) is 14.0. The van der Waals surface area contributed by atoms with E-state index in [1.807, 2.05) is 0 Å². The second-order valence-corrected chi connectivity index (χ2v) is 7.44. The summed E-state index contributed by atoms with van der Waals surface area (Å²) in [5.74, 6) is -0.537. The van der Waals surface area contributed by atoms with Crippen molar-refractivity contribution >= 4 is 12.0 Å². The number of hydrogen-bond donors (Lipinski definition) is 2. The second kappa shape index (κ2) is 5.23. The molecule has 3 N–H and O–H groups in total. The monoisotopic (exact) mass is 320 g/mol. The molecule has 1 fully saturated rings. The number of likely N-dealkylation sites (tertiary alicyclic amines) is 1. The molecule has 0 spiro atoms. The van der Waals surface area contributed by atoms with Gasteiger partial charge in [-0.3, -0.25) is 9.28 Å². The van der Waals surface area contributed by atoms with Crippen LogP contribution in [0.5, 0.6) is 5.75 Å². The molecule has 0 aromatic heterocycles. The minimum absolute atomic E-state index is 0.103. The lowest BCUT2D eigenvalue weighted by molar-refractivity contribution is -0.967. The van der Waals surface area contributed by atoms with E-state index in [4.69, 9.17) is 5.73 Å². The summed E-state index contributed by atoms with van der Waals surface area (Å²) in [5, 5.41) is 21.8. The second-order valence-electron chi connectivity index (χ2n) is 7.44. The van der Waals surface area contributed by atoms with Crippen molar-refractivity contribution < 1.29 is 24.3 Å². The van der Waals surface area contributed by atoms with E-state index < -0.39 is 33.6 Å². The number of hydrogen-bond acceptors (Lipinski definition) is 4. The maximum absolute atomic E-state index is 12.3. The van der Waals surface area contributed by atoms with Gasteiger partial charge in [0.2, 0.25) is 0 Å². The number of benzene rings is 1. The first-order chi connectivity index (χ1) is 10.5. The van der Waals surface area contributed by atoms with Crippen molar-refractivity contribution in [1.29, 1.82) is 0 Å². The lowest BCUT2D eigenvalue weighted by atomic mass is 9.87. The van der Waals surface area contributed by atoms with E-state index in [0.29, 0.717) is 12.8 Å². The highest BCUT2D eigenvalue weighted by molar-refractivity contribution is 5.85. The molecule has 1 aliphatic rings. The van der Waals surface area contributed by atoms with Gasteiger partial charge >= 0.3 is 0 Å². The van der Waals surface area contributed by atoms with Gasteiger partial charge in [0, 0.05) is 25.3 Å². The van der Waals surface area contributed by atoms with Crippen LogP contribution in [0.1, 0.15) is 52.1 Å². The van der Waals surface area contributed by atoms with Crippen molar-refractivity contribution in [3.05, 3.63) is 29.8 Å². The van der Waals surface area contributed by atoms with Crippen molar-refractivity contribution in [1.82, 2.24) is 0 Å². The van der Waals surface area contributed by atoms with E-state index in [-0.39, 0.29) is 5.75 Å². The van der Waals surface area contributed by atoms with Crippen LogP contribution in [0.25, 0.3) is 0 Å². The molecule has 0 bridgehead atoms. The lowest BCUT2D eigenvalue weighted by Gasteiger charge is -2.56. The van der Waals surface area contributed by atoms with Crippen molar-refractivity contribution in [3.8, 4) is 5.75 Å². The summed E-state index contributed by atoms with van der Waals surface area (Å²) >= 11 is 0. The van der Waals surface area contributed by atoms with Crippen molar-refractivity contribution in [2.45, 2.75) is 57.7 Å². The molecule has 1 aromatic carbocycles. The van der Waals surface area contributed by atoms with Crippen molar-refractivity contribution in [2.24, 2.45) is 5.73 Å². The number of rotatable bonds is 2. The van der Waals surface area contributed by atoms with E-state index in [1.165, 1.54) is 12.1 Å². The summed E-state index contributed by atoms with van der Waals surface area (Å²) in [7, 11) is 0. The summed E-state index contributed by atoms with van der Waals surface area (Å²) in [4.78, 5) is 24.5. The summed E-state index contributed by atoms with van der Waals surface area (Å²) < 4.78 is -0.555. The SMILES string of the molecule is CC(C)(C)[N+]1(C(=O)[O-])[C@@H](c2ccc(O)cc2)CC[C@@]1(C)C(N)=O. The molecule has 2 amide bonds. The quantitative estimate of drug-likeness (QED) is 0.804. The highest BCUT2D eigenvalue weighted by Gasteiger charge is 2.67. The first kappa shape index (κ1) is 17.3.